The Hall–Kier alpha value is -0.550. The van der Waals surface area contributed by atoms with Crippen LogP contribution in [0.4, 0.5) is 10.1 Å². The first-order chi connectivity index (χ1) is 7.66. The molecule has 0 unspecified atom stereocenters. The molecule has 16 heavy (non-hydrogen) atoms. The zero-order chi connectivity index (χ0) is 11.5. The maximum Gasteiger partial charge on any atom is 0.161 e. The Morgan fingerprint density at radius 3 is 3.00 bits per heavy atom. The van der Waals surface area contributed by atoms with Crippen LogP contribution in [0.2, 0.25) is 0 Å². The Morgan fingerprint density at radius 2 is 2.31 bits per heavy atom. The van der Waals surface area contributed by atoms with Crippen LogP contribution < -0.4 is 5.32 Å². The quantitative estimate of drug-likeness (QED) is 0.853. The Bertz CT molecular complexity index is 434. The normalized spacial score (nSPS) is 15.8. The molecular formula is C11H12BrFN2S. The highest BCUT2D eigenvalue weighted by molar-refractivity contribution is 9.10. The highest BCUT2D eigenvalue weighted by Crippen LogP contribution is 2.25. The standard InChI is InChI=1S/C11H12BrFN2S/c1-7-5-8(12)9(13)6-10(7)15-11-14-3-2-4-16-11/h5-6H,2-4H2,1H3,(H,14,15). The van der Waals surface area contributed by atoms with Gasteiger partial charge in [-0.2, -0.15) is 0 Å². The molecule has 0 radical (unpaired) electrons. The van der Waals surface area contributed by atoms with Gasteiger partial charge >= 0.3 is 0 Å². The van der Waals surface area contributed by atoms with Gasteiger partial charge in [-0.15, -0.1) is 0 Å². The summed E-state index contributed by atoms with van der Waals surface area (Å²) in [5, 5.41) is 4.05. The lowest BCUT2D eigenvalue weighted by Gasteiger charge is -2.15. The Kier molecular flexibility index (Phi) is 3.86. The molecule has 1 N–H and O–H groups in total. The van der Waals surface area contributed by atoms with Crippen LogP contribution in [0.25, 0.3) is 0 Å². The van der Waals surface area contributed by atoms with Crippen molar-refractivity contribution in [2.24, 2.45) is 4.99 Å². The highest BCUT2D eigenvalue weighted by atomic mass is 79.9. The molecule has 2 nitrogen and oxygen atoms in total. The number of benzene rings is 1. The van der Waals surface area contributed by atoms with E-state index in [0.29, 0.717) is 4.47 Å². The van der Waals surface area contributed by atoms with E-state index in [2.05, 4.69) is 26.2 Å². The Labute approximate surface area is 107 Å². The van der Waals surface area contributed by atoms with E-state index in [1.807, 2.05) is 6.92 Å². The minimum Gasteiger partial charge on any atom is -0.335 e. The molecule has 0 aromatic heterocycles. The molecule has 0 spiro atoms. The largest absolute Gasteiger partial charge is 0.335 e. The van der Waals surface area contributed by atoms with Gasteiger partial charge in [0.05, 0.1) is 4.47 Å². The maximum absolute atomic E-state index is 13.4. The lowest BCUT2D eigenvalue weighted by Crippen LogP contribution is -2.14. The van der Waals surface area contributed by atoms with Gasteiger partial charge in [0.15, 0.2) is 5.17 Å². The number of hydrogen-bond acceptors (Lipinski definition) is 3. The van der Waals surface area contributed by atoms with E-state index >= 15 is 0 Å². The lowest BCUT2D eigenvalue weighted by atomic mass is 10.2. The number of thioether (sulfide) groups is 1. The molecule has 1 heterocycles. The van der Waals surface area contributed by atoms with Crippen molar-refractivity contribution >= 4 is 38.5 Å². The van der Waals surface area contributed by atoms with Crippen molar-refractivity contribution in [3.05, 3.63) is 28.0 Å². The topological polar surface area (TPSA) is 24.4 Å². The zero-order valence-corrected chi connectivity index (χ0v) is 11.3. The molecule has 0 amide bonds. The number of aryl methyl sites for hydroxylation is 1. The maximum atomic E-state index is 13.4. The molecule has 1 aromatic rings. The molecule has 1 aromatic carbocycles. The molecule has 0 atom stereocenters. The van der Waals surface area contributed by atoms with Gasteiger partial charge in [0, 0.05) is 18.0 Å². The molecule has 0 aliphatic carbocycles. The van der Waals surface area contributed by atoms with E-state index in [1.165, 1.54) is 6.07 Å². The van der Waals surface area contributed by atoms with Crippen LogP contribution in [0.15, 0.2) is 21.6 Å². The summed E-state index contributed by atoms with van der Waals surface area (Å²) >= 11 is 4.85. The van der Waals surface area contributed by atoms with Gasteiger partial charge in [0.1, 0.15) is 5.82 Å². The van der Waals surface area contributed by atoms with Crippen LogP contribution >= 0.6 is 27.7 Å². The fourth-order valence-electron chi connectivity index (χ4n) is 1.43. The second kappa shape index (κ2) is 5.19. The van der Waals surface area contributed by atoms with Crippen LogP contribution in [-0.2, 0) is 0 Å². The van der Waals surface area contributed by atoms with Gasteiger partial charge in [-0.05, 0) is 47.0 Å². The van der Waals surface area contributed by atoms with E-state index < -0.39 is 0 Å². The fraction of sp³-hybridized carbons (Fsp3) is 0.364. The van der Waals surface area contributed by atoms with Gasteiger partial charge in [-0.3, -0.25) is 4.99 Å². The second-order valence-electron chi connectivity index (χ2n) is 3.60. The van der Waals surface area contributed by atoms with Crippen LogP contribution in [0.5, 0.6) is 0 Å². The van der Waals surface area contributed by atoms with Crippen molar-refractivity contribution in [3.63, 3.8) is 0 Å². The number of aliphatic imine (C=N–C) groups is 1. The third-order valence-electron chi connectivity index (χ3n) is 2.31. The number of anilines is 1. The number of rotatable bonds is 1. The van der Waals surface area contributed by atoms with E-state index in [-0.39, 0.29) is 5.82 Å². The highest BCUT2D eigenvalue weighted by Gasteiger charge is 2.09. The molecule has 0 bridgehead atoms. The molecule has 1 aliphatic heterocycles. The summed E-state index contributed by atoms with van der Waals surface area (Å²) in [4.78, 5) is 4.35. The summed E-state index contributed by atoms with van der Waals surface area (Å²) in [5.41, 5.74) is 1.79. The van der Waals surface area contributed by atoms with Crippen molar-refractivity contribution < 1.29 is 4.39 Å². The third-order valence-corrected chi connectivity index (χ3v) is 3.91. The van der Waals surface area contributed by atoms with E-state index in [4.69, 9.17) is 0 Å². The van der Waals surface area contributed by atoms with E-state index in [9.17, 15) is 4.39 Å². The van der Waals surface area contributed by atoms with Gasteiger partial charge in [-0.1, -0.05) is 11.8 Å². The Morgan fingerprint density at radius 1 is 1.50 bits per heavy atom. The number of nitrogens with zero attached hydrogens (tertiary/aromatic N) is 1. The first-order valence-corrected chi connectivity index (χ1v) is 6.84. The molecule has 5 heteroatoms. The minimum absolute atomic E-state index is 0.255. The summed E-state index contributed by atoms with van der Waals surface area (Å²) in [6, 6.07) is 3.27. The monoisotopic (exact) mass is 302 g/mol. The average molecular weight is 303 g/mol. The van der Waals surface area contributed by atoms with Crippen molar-refractivity contribution in [1.29, 1.82) is 0 Å². The summed E-state index contributed by atoms with van der Waals surface area (Å²) in [7, 11) is 0. The smallest absolute Gasteiger partial charge is 0.161 e. The van der Waals surface area contributed by atoms with Gasteiger partial charge < -0.3 is 5.32 Å². The fourth-order valence-corrected chi connectivity index (χ4v) is 2.72. The summed E-state index contributed by atoms with van der Waals surface area (Å²) in [6.07, 6.45) is 1.11. The summed E-state index contributed by atoms with van der Waals surface area (Å²) in [5.74, 6) is 0.818. The van der Waals surface area contributed by atoms with Crippen LogP contribution in [0, 0.1) is 12.7 Å². The van der Waals surface area contributed by atoms with Crippen molar-refractivity contribution in [2.45, 2.75) is 13.3 Å². The van der Waals surface area contributed by atoms with Crippen LogP contribution in [0.1, 0.15) is 12.0 Å². The SMILES string of the molecule is Cc1cc(Br)c(F)cc1NC1=NCCCS1. The average Bonchev–Trinajstić information content (AvgIpc) is 2.27. The molecule has 0 saturated carbocycles. The predicted octanol–water partition coefficient (Wildman–Crippen LogP) is 3.80. The van der Waals surface area contributed by atoms with Crippen LogP contribution in [-0.4, -0.2) is 17.5 Å². The lowest BCUT2D eigenvalue weighted by molar-refractivity contribution is 0.621. The molecule has 86 valence electrons. The molecular weight excluding hydrogens is 291 g/mol. The second-order valence-corrected chi connectivity index (χ2v) is 5.53. The van der Waals surface area contributed by atoms with E-state index in [0.717, 1.165) is 35.1 Å². The van der Waals surface area contributed by atoms with Crippen molar-refractivity contribution in [2.75, 3.05) is 17.6 Å². The van der Waals surface area contributed by atoms with Crippen molar-refractivity contribution in [3.8, 4) is 0 Å². The van der Waals surface area contributed by atoms with Crippen molar-refractivity contribution in [1.82, 2.24) is 0 Å². The molecule has 0 fully saturated rings. The Balaban J connectivity index is 2.20. The molecule has 1 aliphatic rings. The third kappa shape index (κ3) is 2.77. The predicted molar refractivity (Wildman–Crippen MR) is 71.8 cm³/mol. The first kappa shape index (κ1) is 11.9. The van der Waals surface area contributed by atoms with Gasteiger partial charge in [-0.25, -0.2) is 4.39 Å². The minimum atomic E-state index is -0.255. The number of hydrogen-bond donors (Lipinski definition) is 1. The molecule has 2 rings (SSSR count). The zero-order valence-electron chi connectivity index (χ0n) is 8.89. The van der Waals surface area contributed by atoms with Crippen LogP contribution in [0.3, 0.4) is 0 Å². The molecule has 0 saturated heterocycles. The summed E-state index contributed by atoms with van der Waals surface area (Å²) < 4.78 is 13.9. The van der Waals surface area contributed by atoms with Gasteiger partial charge in [0.25, 0.3) is 0 Å². The number of halogens is 2. The number of nitrogens with one attached hydrogen (secondary N) is 1. The van der Waals surface area contributed by atoms with E-state index in [1.54, 1.807) is 17.8 Å². The number of amidine groups is 1. The van der Waals surface area contributed by atoms with Gasteiger partial charge in [0.2, 0.25) is 0 Å². The summed E-state index contributed by atoms with van der Waals surface area (Å²) in [6.45, 7) is 2.80. The first-order valence-electron chi connectivity index (χ1n) is 5.07.